The van der Waals surface area contributed by atoms with E-state index in [0.29, 0.717) is 4.47 Å². The predicted octanol–water partition coefficient (Wildman–Crippen LogP) is 5.32. The maximum absolute atomic E-state index is 13.2. The van der Waals surface area contributed by atoms with E-state index in [1.54, 1.807) is 6.07 Å². The van der Waals surface area contributed by atoms with E-state index in [2.05, 4.69) is 22.9 Å². The summed E-state index contributed by atoms with van der Waals surface area (Å²) in [5.74, 6) is -0.187. The van der Waals surface area contributed by atoms with Crippen molar-refractivity contribution in [3.63, 3.8) is 0 Å². The third kappa shape index (κ3) is 4.42. The molecule has 0 fully saturated rings. The lowest BCUT2D eigenvalue weighted by Crippen LogP contribution is -1.99. The van der Waals surface area contributed by atoms with Crippen molar-refractivity contribution in [2.24, 2.45) is 0 Å². The first-order valence-electron chi connectivity index (χ1n) is 5.72. The van der Waals surface area contributed by atoms with Crippen LogP contribution in [0.5, 0.6) is 0 Å². The molecule has 0 N–H and O–H groups in total. The average molecular weight is 308 g/mol. The van der Waals surface area contributed by atoms with Crippen molar-refractivity contribution in [1.29, 1.82) is 0 Å². The van der Waals surface area contributed by atoms with E-state index >= 15 is 0 Å². The molecule has 0 aliphatic carbocycles. The summed E-state index contributed by atoms with van der Waals surface area (Å²) in [6.45, 7) is 2.14. The molecule has 0 amide bonds. The first-order chi connectivity index (χ1) is 7.65. The lowest BCUT2D eigenvalue weighted by Gasteiger charge is -2.08. The van der Waals surface area contributed by atoms with Crippen LogP contribution in [-0.4, -0.2) is 5.38 Å². The van der Waals surface area contributed by atoms with Crippen LogP contribution in [-0.2, 0) is 6.42 Å². The van der Waals surface area contributed by atoms with Crippen molar-refractivity contribution in [3.8, 4) is 0 Å². The largest absolute Gasteiger partial charge is 0.206 e. The van der Waals surface area contributed by atoms with Crippen molar-refractivity contribution in [1.82, 2.24) is 0 Å². The highest BCUT2D eigenvalue weighted by Crippen LogP contribution is 2.23. The molecule has 0 saturated heterocycles. The number of hydrogen-bond acceptors (Lipinski definition) is 0. The Hall–Kier alpha value is -0.0800. The number of rotatable bonds is 6. The lowest BCUT2D eigenvalue weighted by molar-refractivity contribution is 0.611. The van der Waals surface area contributed by atoms with E-state index in [1.807, 2.05) is 6.07 Å². The molecule has 0 aliphatic rings. The molecule has 0 aliphatic heterocycles. The topological polar surface area (TPSA) is 0 Å². The molecule has 1 rings (SSSR count). The van der Waals surface area contributed by atoms with Gasteiger partial charge in [-0.25, -0.2) is 4.39 Å². The van der Waals surface area contributed by atoms with Crippen LogP contribution in [0.1, 0.15) is 38.2 Å². The summed E-state index contributed by atoms with van der Waals surface area (Å²) in [7, 11) is 0. The Balaban J connectivity index is 2.40. The fourth-order valence-corrected chi connectivity index (χ4v) is 2.55. The van der Waals surface area contributed by atoms with Crippen LogP contribution in [0.25, 0.3) is 0 Å². The second-order valence-electron chi connectivity index (χ2n) is 3.99. The summed E-state index contributed by atoms with van der Waals surface area (Å²) in [5.41, 5.74) is 1.03. The summed E-state index contributed by atoms with van der Waals surface area (Å²) in [5, 5.41) is 0.261. The molecule has 0 heterocycles. The van der Waals surface area contributed by atoms with Crippen LogP contribution in [0.15, 0.2) is 22.7 Å². The Labute approximate surface area is 110 Å². The standard InChI is InChI=1S/C13H17BrClF/c1-2-5-11(15)8-3-6-10-7-4-9-12(16)13(10)14/h4,7,9,11H,2-3,5-6,8H2,1H3. The number of alkyl halides is 1. The van der Waals surface area contributed by atoms with Crippen LogP contribution in [0.4, 0.5) is 4.39 Å². The zero-order chi connectivity index (χ0) is 12.0. The molecule has 0 spiro atoms. The van der Waals surface area contributed by atoms with Crippen molar-refractivity contribution < 1.29 is 4.39 Å². The summed E-state index contributed by atoms with van der Waals surface area (Å²) < 4.78 is 13.8. The molecule has 1 aromatic carbocycles. The van der Waals surface area contributed by atoms with Crippen molar-refractivity contribution in [2.45, 2.75) is 44.4 Å². The zero-order valence-electron chi connectivity index (χ0n) is 9.48. The molecule has 0 nitrogen and oxygen atoms in total. The second-order valence-corrected chi connectivity index (χ2v) is 5.40. The van der Waals surface area contributed by atoms with Gasteiger partial charge in [0, 0.05) is 5.38 Å². The van der Waals surface area contributed by atoms with Gasteiger partial charge in [-0.15, -0.1) is 11.6 Å². The molecular weight excluding hydrogens is 290 g/mol. The van der Waals surface area contributed by atoms with Crippen molar-refractivity contribution >= 4 is 27.5 Å². The Kier molecular flexibility index (Phi) is 6.37. The molecule has 1 aromatic rings. The summed E-state index contributed by atoms with van der Waals surface area (Å²) >= 11 is 9.40. The molecule has 90 valence electrons. The van der Waals surface area contributed by atoms with E-state index in [4.69, 9.17) is 11.6 Å². The molecule has 0 bridgehead atoms. The molecule has 1 atom stereocenters. The van der Waals surface area contributed by atoms with Gasteiger partial charge in [-0.05, 0) is 53.2 Å². The normalized spacial score (nSPS) is 12.8. The van der Waals surface area contributed by atoms with E-state index in [0.717, 1.165) is 37.7 Å². The fraction of sp³-hybridized carbons (Fsp3) is 0.538. The first-order valence-corrected chi connectivity index (χ1v) is 6.95. The van der Waals surface area contributed by atoms with E-state index in [-0.39, 0.29) is 11.2 Å². The van der Waals surface area contributed by atoms with Crippen LogP contribution in [0.2, 0.25) is 0 Å². The van der Waals surface area contributed by atoms with E-state index < -0.39 is 0 Å². The lowest BCUT2D eigenvalue weighted by atomic mass is 10.1. The molecular formula is C13H17BrClF. The van der Waals surface area contributed by atoms with Gasteiger partial charge in [-0.3, -0.25) is 0 Å². The molecule has 16 heavy (non-hydrogen) atoms. The van der Waals surface area contributed by atoms with Crippen LogP contribution in [0.3, 0.4) is 0 Å². The van der Waals surface area contributed by atoms with Gasteiger partial charge in [0.05, 0.1) is 4.47 Å². The number of aryl methyl sites for hydroxylation is 1. The minimum atomic E-state index is -0.187. The maximum atomic E-state index is 13.2. The Morgan fingerprint density at radius 3 is 2.81 bits per heavy atom. The maximum Gasteiger partial charge on any atom is 0.137 e. The third-order valence-electron chi connectivity index (χ3n) is 2.60. The van der Waals surface area contributed by atoms with E-state index in [9.17, 15) is 4.39 Å². The summed E-state index contributed by atoms with van der Waals surface area (Å²) in [6, 6.07) is 5.17. The highest BCUT2D eigenvalue weighted by atomic mass is 79.9. The Morgan fingerprint density at radius 2 is 2.12 bits per heavy atom. The molecule has 1 unspecified atom stereocenters. The van der Waals surface area contributed by atoms with Crippen LogP contribution < -0.4 is 0 Å². The average Bonchev–Trinajstić information content (AvgIpc) is 2.25. The van der Waals surface area contributed by atoms with Crippen LogP contribution >= 0.6 is 27.5 Å². The number of benzene rings is 1. The number of halogens is 3. The fourth-order valence-electron chi connectivity index (χ4n) is 1.71. The van der Waals surface area contributed by atoms with Gasteiger partial charge in [0.25, 0.3) is 0 Å². The van der Waals surface area contributed by atoms with Gasteiger partial charge < -0.3 is 0 Å². The van der Waals surface area contributed by atoms with Crippen molar-refractivity contribution in [2.75, 3.05) is 0 Å². The molecule has 0 radical (unpaired) electrons. The van der Waals surface area contributed by atoms with Gasteiger partial charge in [-0.2, -0.15) is 0 Å². The second kappa shape index (κ2) is 7.29. The Bertz CT molecular complexity index is 328. The predicted molar refractivity (Wildman–Crippen MR) is 71.6 cm³/mol. The summed E-state index contributed by atoms with van der Waals surface area (Å²) in [6.07, 6.45) is 5.07. The highest BCUT2D eigenvalue weighted by molar-refractivity contribution is 9.10. The smallest absolute Gasteiger partial charge is 0.137 e. The SMILES string of the molecule is CCCC(Cl)CCCc1cccc(F)c1Br. The van der Waals surface area contributed by atoms with Gasteiger partial charge in [0.2, 0.25) is 0 Å². The molecule has 0 aromatic heterocycles. The zero-order valence-corrected chi connectivity index (χ0v) is 11.8. The van der Waals surface area contributed by atoms with Gasteiger partial charge in [0.1, 0.15) is 5.82 Å². The van der Waals surface area contributed by atoms with Crippen LogP contribution in [0, 0.1) is 5.82 Å². The first kappa shape index (κ1) is 14.0. The molecule has 3 heteroatoms. The van der Waals surface area contributed by atoms with Gasteiger partial charge >= 0.3 is 0 Å². The Morgan fingerprint density at radius 1 is 1.38 bits per heavy atom. The minimum absolute atomic E-state index is 0.187. The quantitative estimate of drug-likeness (QED) is 0.624. The van der Waals surface area contributed by atoms with Crippen molar-refractivity contribution in [3.05, 3.63) is 34.1 Å². The summed E-state index contributed by atoms with van der Waals surface area (Å²) in [4.78, 5) is 0. The van der Waals surface area contributed by atoms with Gasteiger partial charge in [0.15, 0.2) is 0 Å². The minimum Gasteiger partial charge on any atom is -0.206 e. The molecule has 0 saturated carbocycles. The third-order valence-corrected chi connectivity index (χ3v) is 3.92. The number of hydrogen-bond donors (Lipinski definition) is 0. The van der Waals surface area contributed by atoms with E-state index in [1.165, 1.54) is 6.07 Å². The monoisotopic (exact) mass is 306 g/mol. The van der Waals surface area contributed by atoms with Gasteiger partial charge in [-0.1, -0.05) is 25.5 Å². The highest BCUT2D eigenvalue weighted by Gasteiger charge is 2.07.